The molecule has 0 spiro atoms. The number of nitrogens with one attached hydrogen (secondary N) is 1. The summed E-state index contributed by atoms with van der Waals surface area (Å²) in [4.78, 5) is 4.40. The lowest BCUT2D eigenvalue weighted by Crippen LogP contribution is -2.35. The SMILES string of the molecule is Cc1cn([C@@H]2C[C@H](Oc3cc(F)c(F)c4c3CNCC4)[C@@H](O)[C@H]2O)c2nccc(N)c12. The van der Waals surface area contributed by atoms with Crippen molar-refractivity contribution in [3.05, 3.63) is 52.9 Å². The minimum Gasteiger partial charge on any atom is -0.487 e. The number of hydrogen-bond donors (Lipinski definition) is 4. The van der Waals surface area contributed by atoms with Crippen molar-refractivity contribution in [2.75, 3.05) is 12.3 Å². The Morgan fingerprint density at radius 2 is 2.06 bits per heavy atom. The van der Waals surface area contributed by atoms with Crippen LogP contribution in [0.1, 0.15) is 29.2 Å². The highest BCUT2D eigenvalue weighted by Gasteiger charge is 2.45. The Morgan fingerprint density at radius 3 is 2.87 bits per heavy atom. The van der Waals surface area contributed by atoms with E-state index in [9.17, 15) is 19.0 Å². The largest absolute Gasteiger partial charge is 0.487 e. The maximum atomic E-state index is 14.2. The van der Waals surface area contributed by atoms with Gasteiger partial charge in [-0.15, -0.1) is 0 Å². The van der Waals surface area contributed by atoms with Gasteiger partial charge in [0.1, 0.15) is 29.7 Å². The Hall–Kier alpha value is -2.75. The van der Waals surface area contributed by atoms with E-state index < -0.39 is 36.0 Å². The van der Waals surface area contributed by atoms with Gasteiger partial charge in [-0.3, -0.25) is 0 Å². The third-order valence-corrected chi connectivity index (χ3v) is 6.42. The number of ether oxygens (including phenoxy) is 1. The number of aromatic nitrogens is 2. The van der Waals surface area contributed by atoms with Gasteiger partial charge in [0.15, 0.2) is 11.6 Å². The van der Waals surface area contributed by atoms with Crippen molar-refractivity contribution in [2.24, 2.45) is 0 Å². The van der Waals surface area contributed by atoms with Crippen LogP contribution in [0.3, 0.4) is 0 Å². The molecule has 31 heavy (non-hydrogen) atoms. The van der Waals surface area contributed by atoms with E-state index in [-0.39, 0.29) is 12.2 Å². The average Bonchev–Trinajstić information content (AvgIpc) is 3.24. The third-order valence-electron chi connectivity index (χ3n) is 6.42. The predicted molar refractivity (Wildman–Crippen MR) is 111 cm³/mol. The zero-order chi connectivity index (χ0) is 21.9. The smallest absolute Gasteiger partial charge is 0.162 e. The molecule has 3 aromatic rings. The van der Waals surface area contributed by atoms with Gasteiger partial charge in [-0.05, 0) is 31.5 Å². The van der Waals surface area contributed by atoms with Crippen molar-refractivity contribution >= 4 is 16.7 Å². The van der Waals surface area contributed by atoms with E-state index in [1.165, 1.54) is 0 Å². The second-order valence-corrected chi connectivity index (χ2v) is 8.31. The number of aliphatic hydroxyl groups is 2. The molecule has 1 fully saturated rings. The molecule has 0 amide bonds. The van der Waals surface area contributed by atoms with Crippen LogP contribution in [0.2, 0.25) is 0 Å². The van der Waals surface area contributed by atoms with Gasteiger partial charge < -0.3 is 30.6 Å². The molecule has 1 aliphatic heterocycles. The van der Waals surface area contributed by atoms with Crippen LogP contribution in [-0.2, 0) is 13.0 Å². The number of rotatable bonds is 3. The number of fused-ring (bicyclic) bond motifs is 2. The van der Waals surface area contributed by atoms with Gasteiger partial charge in [-0.2, -0.15) is 0 Å². The highest BCUT2D eigenvalue weighted by atomic mass is 19.2. The lowest BCUT2D eigenvalue weighted by atomic mass is 9.99. The van der Waals surface area contributed by atoms with E-state index in [0.717, 1.165) is 17.0 Å². The van der Waals surface area contributed by atoms with Gasteiger partial charge >= 0.3 is 0 Å². The molecule has 9 heteroatoms. The molecule has 5 rings (SSSR count). The van der Waals surface area contributed by atoms with E-state index in [2.05, 4.69) is 10.3 Å². The van der Waals surface area contributed by atoms with E-state index in [1.54, 1.807) is 16.8 Å². The normalized spacial score (nSPS) is 25.7. The number of pyridine rings is 1. The van der Waals surface area contributed by atoms with Crippen molar-refractivity contribution in [1.82, 2.24) is 14.9 Å². The standard InChI is InChI=1S/C22H24F2N4O3/c1-10-9-28(22-18(10)14(25)3-5-27-22)15-7-17(21(30)20(15)29)31-16-6-13(23)19(24)11-2-4-26-8-12(11)16/h3,5-6,9,15,17,20-21,26,29-30H,2,4,7-8H2,1H3,(H2,25,27)/t15-,17+,20+,21-/m1/s1. The summed E-state index contributed by atoms with van der Waals surface area (Å²) in [6.45, 7) is 2.81. The Kier molecular flexibility index (Phi) is 4.84. The molecule has 1 aromatic carbocycles. The van der Waals surface area contributed by atoms with Crippen molar-refractivity contribution < 1.29 is 23.7 Å². The first kappa shape index (κ1) is 20.2. The van der Waals surface area contributed by atoms with Gasteiger partial charge in [-0.1, -0.05) is 0 Å². The summed E-state index contributed by atoms with van der Waals surface area (Å²) < 4.78 is 36.2. The molecular weight excluding hydrogens is 406 g/mol. The molecule has 1 saturated carbocycles. The van der Waals surface area contributed by atoms with E-state index in [4.69, 9.17) is 10.5 Å². The molecule has 2 aliphatic rings. The van der Waals surface area contributed by atoms with E-state index in [1.807, 2.05) is 13.1 Å². The van der Waals surface area contributed by atoms with Crippen molar-refractivity contribution in [2.45, 2.75) is 50.7 Å². The molecule has 5 N–H and O–H groups in total. The first-order valence-corrected chi connectivity index (χ1v) is 10.3. The first-order valence-electron chi connectivity index (χ1n) is 10.3. The maximum absolute atomic E-state index is 14.2. The highest BCUT2D eigenvalue weighted by Crippen LogP contribution is 2.39. The molecule has 7 nitrogen and oxygen atoms in total. The maximum Gasteiger partial charge on any atom is 0.162 e. The summed E-state index contributed by atoms with van der Waals surface area (Å²) >= 11 is 0. The Bertz CT molecular complexity index is 1170. The molecule has 4 atom stereocenters. The van der Waals surface area contributed by atoms with Gasteiger partial charge in [0.25, 0.3) is 0 Å². The molecule has 3 heterocycles. The number of nitrogens with two attached hydrogens (primary N) is 1. The quantitative estimate of drug-likeness (QED) is 0.506. The molecule has 0 saturated heterocycles. The highest BCUT2D eigenvalue weighted by molar-refractivity contribution is 5.91. The molecule has 0 radical (unpaired) electrons. The van der Waals surface area contributed by atoms with Gasteiger partial charge in [0, 0.05) is 53.6 Å². The summed E-state index contributed by atoms with van der Waals surface area (Å²) in [7, 11) is 0. The number of aliphatic hydroxyl groups excluding tert-OH is 2. The minimum atomic E-state index is -1.20. The molecular formula is C22H24F2N4O3. The average molecular weight is 430 g/mol. The van der Waals surface area contributed by atoms with Crippen LogP contribution in [0.25, 0.3) is 11.0 Å². The fourth-order valence-electron chi connectivity index (χ4n) is 4.85. The molecule has 2 aromatic heterocycles. The lowest BCUT2D eigenvalue weighted by molar-refractivity contribution is -0.0167. The lowest BCUT2D eigenvalue weighted by Gasteiger charge is -2.25. The van der Waals surface area contributed by atoms with E-state index >= 15 is 0 Å². The fourth-order valence-corrected chi connectivity index (χ4v) is 4.85. The van der Waals surface area contributed by atoms with Crippen LogP contribution >= 0.6 is 0 Å². The van der Waals surface area contributed by atoms with Crippen molar-refractivity contribution in [3.63, 3.8) is 0 Å². The van der Waals surface area contributed by atoms with Crippen LogP contribution < -0.4 is 15.8 Å². The zero-order valence-corrected chi connectivity index (χ0v) is 17.0. The summed E-state index contributed by atoms with van der Waals surface area (Å²) in [6, 6.07) is 2.22. The number of hydrogen-bond acceptors (Lipinski definition) is 6. The molecule has 0 bridgehead atoms. The topological polar surface area (TPSA) is 106 Å². The Labute approximate surface area is 177 Å². The van der Waals surface area contributed by atoms with E-state index in [0.29, 0.717) is 42.0 Å². The summed E-state index contributed by atoms with van der Waals surface area (Å²) in [5.41, 5.74) is 9.04. The van der Waals surface area contributed by atoms with Crippen LogP contribution in [0.5, 0.6) is 5.75 Å². The molecule has 0 unspecified atom stereocenters. The fraction of sp³-hybridized carbons (Fsp3) is 0.409. The van der Waals surface area contributed by atoms with Crippen LogP contribution in [-0.4, -0.2) is 44.6 Å². The first-order chi connectivity index (χ1) is 14.9. The number of nitrogen functional groups attached to an aromatic ring is 1. The summed E-state index contributed by atoms with van der Waals surface area (Å²) in [6.07, 6.45) is 0.945. The van der Waals surface area contributed by atoms with Crippen LogP contribution in [0, 0.1) is 18.6 Å². The monoisotopic (exact) mass is 430 g/mol. The number of anilines is 1. The number of halogens is 2. The number of aryl methyl sites for hydroxylation is 1. The molecule has 164 valence electrons. The summed E-state index contributed by atoms with van der Waals surface area (Å²) in [5, 5.41) is 25.4. The molecule has 1 aliphatic carbocycles. The van der Waals surface area contributed by atoms with Gasteiger partial charge in [0.05, 0.1) is 6.04 Å². The predicted octanol–water partition coefficient (Wildman–Crippen LogP) is 1.97. The second kappa shape index (κ2) is 7.44. The van der Waals surface area contributed by atoms with Crippen molar-refractivity contribution in [3.8, 4) is 5.75 Å². The zero-order valence-electron chi connectivity index (χ0n) is 17.0. The Morgan fingerprint density at radius 1 is 1.26 bits per heavy atom. The van der Waals surface area contributed by atoms with Crippen LogP contribution in [0.4, 0.5) is 14.5 Å². The Balaban J connectivity index is 1.48. The minimum absolute atomic E-state index is 0.189. The van der Waals surface area contributed by atoms with Gasteiger partial charge in [-0.25, -0.2) is 13.8 Å². The van der Waals surface area contributed by atoms with Crippen molar-refractivity contribution in [1.29, 1.82) is 0 Å². The van der Waals surface area contributed by atoms with Gasteiger partial charge in [0.2, 0.25) is 0 Å². The summed E-state index contributed by atoms with van der Waals surface area (Å²) in [5.74, 6) is -1.65. The number of benzene rings is 1. The number of nitrogens with zero attached hydrogens (tertiary/aromatic N) is 2. The third kappa shape index (κ3) is 3.15. The van der Waals surface area contributed by atoms with Crippen LogP contribution in [0.15, 0.2) is 24.5 Å². The second-order valence-electron chi connectivity index (χ2n) is 8.31.